The predicted octanol–water partition coefficient (Wildman–Crippen LogP) is 1.99. The fraction of sp³-hybridized carbons (Fsp3) is 0.385. The topological polar surface area (TPSA) is 96.5 Å². The summed E-state index contributed by atoms with van der Waals surface area (Å²) < 4.78 is 37.5. The number of methoxy groups -OCH3 is 2. The van der Waals surface area contributed by atoms with E-state index >= 15 is 0 Å². The molecule has 2 aliphatic heterocycles. The maximum atomic E-state index is 13.1. The molecule has 2 heterocycles. The van der Waals surface area contributed by atoms with E-state index in [9.17, 15) is 18.0 Å². The zero-order chi connectivity index (χ0) is 25.7. The van der Waals surface area contributed by atoms with Crippen LogP contribution in [0.2, 0.25) is 0 Å². The maximum absolute atomic E-state index is 13.1. The molecule has 0 aromatic heterocycles. The van der Waals surface area contributed by atoms with E-state index in [2.05, 4.69) is 0 Å². The van der Waals surface area contributed by atoms with E-state index < -0.39 is 16.1 Å². The van der Waals surface area contributed by atoms with E-state index in [1.54, 1.807) is 26.4 Å². The van der Waals surface area contributed by atoms with Gasteiger partial charge in [-0.15, -0.1) is 0 Å². The Morgan fingerprint density at radius 1 is 0.944 bits per heavy atom. The zero-order valence-electron chi connectivity index (χ0n) is 20.5. The van der Waals surface area contributed by atoms with Gasteiger partial charge in [-0.25, -0.2) is 8.42 Å². The van der Waals surface area contributed by atoms with Crippen LogP contribution in [0.25, 0.3) is 6.08 Å². The third-order valence-electron chi connectivity index (χ3n) is 6.60. The quantitative estimate of drug-likeness (QED) is 0.473. The van der Waals surface area contributed by atoms with E-state index in [1.807, 2.05) is 47.4 Å². The van der Waals surface area contributed by atoms with Gasteiger partial charge in [-0.3, -0.25) is 19.4 Å². The Morgan fingerprint density at radius 3 is 2.31 bits per heavy atom. The molecule has 2 amide bonds. The van der Waals surface area contributed by atoms with Crippen molar-refractivity contribution in [2.75, 3.05) is 46.9 Å². The molecule has 36 heavy (non-hydrogen) atoms. The van der Waals surface area contributed by atoms with Gasteiger partial charge in [0.1, 0.15) is 0 Å². The molecule has 192 valence electrons. The van der Waals surface area contributed by atoms with Gasteiger partial charge in [0.05, 0.1) is 26.7 Å². The first-order valence-electron chi connectivity index (χ1n) is 11.8. The Bertz CT molecular complexity index is 1220. The Morgan fingerprint density at radius 2 is 1.64 bits per heavy atom. The van der Waals surface area contributed by atoms with Gasteiger partial charge in [0, 0.05) is 38.1 Å². The average molecular weight is 514 g/mol. The number of carbonyl (C=O) groups is 2. The van der Waals surface area contributed by atoms with E-state index in [0.29, 0.717) is 31.0 Å². The van der Waals surface area contributed by atoms with Crippen LogP contribution in [0.1, 0.15) is 17.5 Å². The van der Waals surface area contributed by atoms with Crippen molar-refractivity contribution in [1.29, 1.82) is 0 Å². The largest absolute Gasteiger partial charge is 0.493 e. The van der Waals surface area contributed by atoms with E-state index in [4.69, 9.17) is 9.47 Å². The fourth-order valence-corrected chi connectivity index (χ4v) is 5.72. The Labute approximate surface area is 211 Å². The second-order valence-corrected chi connectivity index (χ2v) is 10.6. The van der Waals surface area contributed by atoms with Crippen LogP contribution in [-0.4, -0.2) is 87.3 Å². The van der Waals surface area contributed by atoms with Crippen molar-refractivity contribution in [1.82, 2.24) is 14.1 Å². The number of hydrogen-bond acceptors (Lipinski definition) is 7. The number of imide groups is 1. The number of benzene rings is 2. The number of nitrogens with zero attached hydrogens (tertiary/aromatic N) is 3. The molecule has 0 spiro atoms. The van der Waals surface area contributed by atoms with Crippen molar-refractivity contribution >= 4 is 27.9 Å². The van der Waals surface area contributed by atoms with Crippen molar-refractivity contribution < 1.29 is 27.5 Å². The van der Waals surface area contributed by atoms with Gasteiger partial charge < -0.3 is 9.47 Å². The van der Waals surface area contributed by atoms with Crippen molar-refractivity contribution in [2.45, 2.75) is 18.9 Å². The third kappa shape index (κ3) is 5.77. The number of hydrogen-bond donors (Lipinski definition) is 0. The van der Waals surface area contributed by atoms with Crippen LogP contribution in [0.3, 0.4) is 0 Å². The number of sulfonamides is 1. The minimum absolute atomic E-state index is 0.116. The fourth-order valence-electron chi connectivity index (χ4n) is 4.55. The second kappa shape index (κ2) is 11.2. The summed E-state index contributed by atoms with van der Waals surface area (Å²) >= 11 is 0. The molecular weight excluding hydrogens is 482 g/mol. The number of carbonyl (C=O) groups excluding carboxylic acids is 2. The first-order chi connectivity index (χ1) is 17.3. The summed E-state index contributed by atoms with van der Waals surface area (Å²) in [5.74, 6) is 0.789. The number of ether oxygens (including phenoxy) is 2. The molecule has 0 N–H and O–H groups in total. The van der Waals surface area contributed by atoms with Crippen LogP contribution in [0.15, 0.2) is 53.9 Å². The molecule has 0 saturated carbocycles. The minimum atomic E-state index is -3.57. The Kier molecular flexibility index (Phi) is 8.07. The highest BCUT2D eigenvalue weighted by Crippen LogP contribution is 2.28. The Balaban J connectivity index is 1.32. The van der Waals surface area contributed by atoms with Gasteiger partial charge in [0.25, 0.3) is 0 Å². The van der Waals surface area contributed by atoms with Crippen LogP contribution >= 0.6 is 0 Å². The number of likely N-dealkylation sites (tertiary alicyclic amines) is 1. The number of rotatable bonds is 9. The monoisotopic (exact) mass is 513 g/mol. The highest BCUT2D eigenvalue weighted by molar-refractivity contribution is 7.92. The molecule has 2 aliphatic rings. The SMILES string of the molecule is COc1ccc(CCN2C(=O)CC(N3CCN(S(=O)(=O)C=Cc4ccccc4)CC3)C2=O)cc1OC. The Hall–Kier alpha value is -3.21. The molecule has 2 aromatic carbocycles. The van der Waals surface area contributed by atoms with Crippen molar-refractivity contribution in [3.8, 4) is 11.5 Å². The normalized spacial score (nSPS) is 19.8. The molecule has 9 nitrogen and oxygen atoms in total. The molecule has 2 aromatic rings. The standard InChI is InChI=1S/C26H31N3O6S/c1-34-23-9-8-21(18-24(23)35-2)10-12-29-25(30)19-22(26(29)31)27-13-15-28(16-14-27)36(32,33)17-11-20-6-4-3-5-7-20/h3-9,11,17-18,22H,10,12-16,19H2,1-2H3. The first-order valence-corrected chi connectivity index (χ1v) is 13.3. The van der Waals surface area contributed by atoms with Gasteiger partial charge >= 0.3 is 0 Å². The first kappa shape index (κ1) is 25.9. The van der Waals surface area contributed by atoms with Gasteiger partial charge in [-0.05, 0) is 35.8 Å². The highest BCUT2D eigenvalue weighted by atomic mass is 32.2. The van der Waals surface area contributed by atoms with E-state index in [1.165, 1.54) is 14.6 Å². The second-order valence-electron chi connectivity index (χ2n) is 8.74. The third-order valence-corrected chi connectivity index (χ3v) is 8.16. The molecular formula is C26H31N3O6S. The summed E-state index contributed by atoms with van der Waals surface area (Å²) in [6.07, 6.45) is 2.20. The van der Waals surface area contributed by atoms with Gasteiger partial charge in [0.15, 0.2) is 11.5 Å². The molecule has 1 atom stereocenters. The molecule has 0 bridgehead atoms. The van der Waals surface area contributed by atoms with Crippen molar-refractivity contribution in [2.24, 2.45) is 0 Å². The summed E-state index contributed by atoms with van der Waals surface area (Å²) in [6, 6.07) is 14.2. The molecule has 1 unspecified atom stereocenters. The lowest BCUT2D eigenvalue weighted by Crippen LogP contribution is -2.53. The minimum Gasteiger partial charge on any atom is -0.493 e. The predicted molar refractivity (Wildman–Crippen MR) is 136 cm³/mol. The molecule has 2 fully saturated rings. The number of piperazine rings is 1. The molecule has 0 aliphatic carbocycles. The van der Waals surface area contributed by atoms with Gasteiger partial charge in [0.2, 0.25) is 21.8 Å². The summed E-state index contributed by atoms with van der Waals surface area (Å²) in [5.41, 5.74) is 1.74. The lowest BCUT2D eigenvalue weighted by Gasteiger charge is -2.35. The maximum Gasteiger partial charge on any atom is 0.247 e. The van der Waals surface area contributed by atoms with Crippen LogP contribution in [-0.2, 0) is 26.0 Å². The lowest BCUT2D eigenvalue weighted by atomic mass is 10.1. The van der Waals surface area contributed by atoms with Crippen molar-refractivity contribution in [3.63, 3.8) is 0 Å². The summed E-state index contributed by atoms with van der Waals surface area (Å²) in [6.45, 7) is 1.61. The molecule has 0 radical (unpaired) electrons. The van der Waals surface area contributed by atoms with Gasteiger partial charge in [-0.1, -0.05) is 36.4 Å². The molecule has 2 saturated heterocycles. The van der Waals surface area contributed by atoms with Crippen LogP contribution < -0.4 is 9.47 Å². The molecule has 10 heteroatoms. The van der Waals surface area contributed by atoms with Crippen LogP contribution in [0, 0.1) is 0 Å². The number of amides is 2. The summed E-state index contributed by atoms with van der Waals surface area (Å²) in [5, 5.41) is 1.22. The van der Waals surface area contributed by atoms with Gasteiger partial charge in [-0.2, -0.15) is 4.31 Å². The molecule has 4 rings (SSSR count). The summed E-state index contributed by atoms with van der Waals surface area (Å²) in [7, 11) is -0.444. The smallest absolute Gasteiger partial charge is 0.247 e. The lowest BCUT2D eigenvalue weighted by molar-refractivity contribution is -0.139. The van der Waals surface area contributed by atoms with Crippen LogP contribution in [0.5, 0.6) is 11.5 Å². The van der Waals surface area contributed by atoms with E-state index in [-0.39, 0.29) is 37.9 Å². The highest BCUT2D eigenvalue weighted by Gasteiger charge is 2.42. The van der Waals surface area contributed by atoms with Crippen LogP contribution in [0.4, 0.5) is 0 Å². The van der Waals surface area contributed by atoms with Crippen molar-refractivity contribution in [3.05, 3.63) is 65.1 Å². The zero-order valence-corrected chi connectivity index (χ0v) is 21.3. The summed E-state index contributed by atoms with van der Waals surface area (Å²) in [4.78, 5) is 29.0. The average Bonchev–Trinajstić information content (AvgIpc) is 3.19. The van der Waals surface area contributed by atoms with E-state index in [0.717, 1.165) is 11.1 Å².